The summed E-state index contributed by atoms with van der Waals surface area (Å²) in [6, 6.07) is 6.65. The first-order valence-corrected chi connectivity index (χ1v) is 15.6. The molecule has 0 bridgehead atoms. The molecule has 1 aromatic rings. The minimum atomic E-state index is -6.12. The van der Waals surface area contributed by atoms with E-state index >= 15 is 0 Å². The molecule has 0 aliphatic carbocycles. The molecular weight excluding hydrogens is 617 g/mol. The molecule has 0 saturated carbocycles. The van der Waals surface area contributed by atoms with Gasteiger partial charge in [0.15, 0.2) is 0 Å². The van der Waals surface area contributed by atoms with Gasteiger partial charge in [0.25, 0.3) is 0 Å². The van der Waals surface area contributed by atoms with Gasteiger partial charge >= 0.3 is 197 Å². The average molecular weight is 640 g/mol. The summed E-state index contributed by atoms with van der Waals surface area (Å²) in [5.41, 5.74) is -11.6. The molecule has 1 rings (SSSR count). The fraction of sp³-hybridized carbons (Fsp3) is 0.556. The molecule has 0 aliphatic rings. The molecule has 0 aliphatic heterocycles. The van der Waals surface area contributed by atoms with Gasteiger partial charge in [0, 0.05) is 0 Å². The molecule has 6 nitrogen and oxygen atoms in total. The van der Waals surface area contributed by atoms with Crippen LogP contribution < -0.4 is 0 Å². The van der Waals surface area contributed by atoms with Gasteiger partial charge in [-0.15, -0.1) is 0 Å². The van der Waals surface area contributed by atoms with Crippen LogP contribution in [0.4, 0.5) is 26.3 Å². The van der Waals surface area contributed by atoms with Crippen LogP contribution in [0.2, 0.25) is 0 Å². The monoisotopic (exact) mass is 640 g/mol. The number of halogens is 7. The number of alkyl halides is 6. The van der Waals surface area contributed by atoms with Crippen molar-refractivity contribution in [3.8, 4) is 0 Å². The fourth-order valence-electron chi connectivity index (χ4n) is 2.27. The van der Waals surface area contributed by atoms with Gasteiger partial charge in [-0.2, -0.15) is 0 Å². The van der Waals surface area contributed by atoms with Crippen LogP contribution in [0.25, 0.3) is 0 Å². The third kappa shape index (κ3) is 9.98. The van der Waals surface area contributed by atoms with Crippen LogP contribution in [0.1, 0.15) is 51.9 Å². The Morgan fingerprint density at radius 3 is 1.88 bits per heavy atom. The fourth-order valence-corrected chi connectivity index (χ4v) is 8.94. The summed E-state index contributed by atoms with van der Waals surface area (Å²) in [5, 5.41) is 0. The van der Waals surface area contributed by atoms with Crippen LogP contribution in [-0.4, -0.2) is 27.9 Å². The molecule has 0 saturated heterocycles. The van der Waals surface area contributed by atoms with Crippen molar-refractivity contribution in [2.24, 2.45) is 0 Å². The van der Waals surface area contributed by atoms with Crippen molar-refractivity contribution in [3.63, 3.8) is 0 Å². The van der Waals surface area contributed by atoms with E-state index in [1.165, 1.54) is 30.3 Å². The predicted molar refractivity (Wildman–Crippen MR) is 117 cm³/mol. The van der Waals surface area contributed by atoms with Gasteiger partial charge in [-0.3, -0.25) is 0 Å². The van der Waals surface area contributed by atoms with Crippen molar-refractivity contribution < 1.29 is 49.9 Å². The zero-order valence-electron chi connectivity index (χ0n) is 17.3. The van der Waals surface area contributed by atoms with Crippen molar-refractivity contribution in [1.82, 2.24) is 0 Å². The topological polar surface area (TPSA) is 86.7 Å². The Kier molecular flexibility index (Phi) is 11.4. The van der Waals surface area contributed by atoms with E-state index < -0.39 is 57.2 Å². The Hall–Kier alpha value is -1.07. The zero-order valence-corrected chi connectivity index (χ0v) is 21.1. The molecule has 0 unspecified atom stereocenters. The molecule has 192 valence electrons. The molecular formula is C18H23F6IO6S2. The van der Waals surface area contributed by atoms with Gasteiger partial charge in [-0.25, -0.2) is 0 Å². The molecule has 33 heavy (non-hydrogen) atoms. The Labute approximate surface area is 196 Å². The van der Waals surface area contributed by atoms with Gasteiger partial charge < -0.3 is 0 Å². The first-order chi connectivity index (χ1) is 15.1. The summed E-state index contributed by atoms with van der Waals surface area (Å²) in [4.78, 5) is 0. The van der Waals surface area contributed by atoms with E-state index in [1.807, 2.05) is 6.92 Å². The van der Waals surface area contributed by atoms with Crippen molar-refractivity contribution in [1.29, 1.82) is 0 Å². The van der Waals surface area contributed by atoms with E-state index in [9.17, 15) is 43.2 Å². The van der Waals surface area contributed by atoms with Crippen LogP contribution in [-0.2, 0) is 26.9 Å². The SMILES string of the molecule is CCCCCCCC/C(=C\I(OS(=O)(=O)C(F)(F)F)c1ccccc1)OS(=O)(=O)C(F)(F)F. The number of unbranched alkanes of at least 4 members (excludes halogenated alkanes) is 5. The Morgan fingerprint density at radius 2 is 1.36 bits per heavy atom. The summed E-state index contributed by atoms with van der Waals surface area (Å²) in [6.45, 7) is 1.97. The molecule has 0 atom stereocenters. The second-order valence-corrected chi connectivity index (χ2v) is 14.2. The molecule has 0 spiro atoms. The first kappa shape index (κ1) is 30.0. The third-order valence-corrected chi connectivity index (χ3v) is 11.5. The average Bonchev–Trinajstić information content (AvgIpc) is 2.68. The zero-order chi connectivity index (χ0) is 25.3. The maximum atomic E-state index is 12.8. The van der Waals surface area contributed by atoms with Gasteiger partial charge in [-0.1, -0.05) is 0 Å². The molecule has 0 amide bonds. The summed E-state index contributed by atoms with van der Waals surface area (Å²) >= 11 is -4.04. The number of allylic oxidation sites excluding steroid dienone is 1. The Bertz CT molecular complexity index is 976. The Balaban J connectivity index is 3.30. The normalized spacial score (nSPS) is 14.3. The molecule has 0 radical (unpaired) electrons. The van der Waals surface area contributed by atoms with E-state index in [2.05, 4.69) is 6.70 Å². The van der Waals surface area contributed by atoms with E-state index in [1.54, 1.807) is 0 Å². The van der Waals surface area contributed by atoms with Crippen LogP contribution in [0, 0.1) is 3.57 Å². The first-order valence-electron chi connectivity index (χ1n) is 9.57. The van der Waals surface area contributed by atoms with Gasteiger partial charge in [0.05, 0.1) is 0 Å². The van der Waals surface area contributed by atoms with Crippen LogP contribution in [0.3, 0.4) is 0 Å². The van der Waals surface area contributed by atoms with E-state index in [0.717, 1.165) is 19.3 Å². The third-order valence-electron chi connectivity index (χ3n) is 3.88. The van der Waals surface area contributed by atoms with Gasteiger partial charge in [0.1, 0.15) is 0 Å². The van der Waals surface area contributed by atoms with E-state index in [4.69, 9.17) is 0 Å². The molecule has 0 heterocycles. The number of rotatable bonds is 13. The number of hydrogen-bond acceptors (Lipinski definition) is 6. The predicted octanol–water partition coefficient (Wildman–Crippen LogP) is 6.60. The molecule has 15 heteroatoms. The van der Waals surface area contributed by atoms with Crippen LogP contribution in [0.5, 0.6) is 0 Å². The van der Waals surface area contributed by atoms with E-state index in [0.29, 0.717) is 16.9 Å². The van der Waals surface area contributed by atoms with Crippen LogP contribution >= 0.6 is 20.2 Å². The maximum absolute atomic E-state index is 12.8. The van der Waals surface area contributed by atoms with Crippen molar-refractivity contribution in [3.05, 3.63) is 43.7 Å². The number of benzene rings is 1. The van der Waals surface area contributed by atoms with Gasteiger partial charge in [0.2, 0.25) is 0 Å². The second kappa shape index (κ2) is 12.6. The van der Waals surface area contributed by atoms with E-state index in [-0.39, 0.29) is 16.4 Å². The summed E-state index contributed by atoms with van der Waals surface area (Å²) < 4.78 is 132. The summed E-state index contributed by atoms with van der Waals surface area (Å²) in [5.74, 6) is -0.811. The quantitative estimate of drug-likeness (QED) is 0.0603. The second-order valence-electron chi connectivity index (χ2n) is 6.61. The van der Waals surface area contributed by atoms with Crippen molar-refractivity contribution in [2.75, 3.05) is 0 Å². The standard InChI is InChI=1S/C18H23F6IO6S2/c1-2-3-4-5-6-10-13-16(30-32(26,27)17(19,20)21)14-25(15-11-8-7-9-12-15)31-33(28,29)18(22,23)24/h7-9,11-12,14H,2-6,10,13H2,1H3/b16-14+. The Morgan fingerprint density at radius 1 is 0.848 bits per heavy atom. The summed E-state index contributed by atoms with van der Waals surface area (Å²) in [6.07, 6.45) is 3.71. The van der Waals surface area contributed by atoms with Crippen molar-refractivity contribution >= 4 is 40.5 Å². The molecule has 0 N–H and O–H groups in total. The van der Waals surface area contributed by atoms with Crippen LogP contribution in [0.15, 0.2) is 40.2 Å². The minimum absolute atomic E-state index is 0.0250. The van der Waals surface area contributed by atoms with Gasteiger partial charge in [-0.05, 0) is 0 Å². The molecule has 0 fully saturated rings. The summed E-state index contributed by atoms with van der Waals surface area (Å²) in [7, 11) is -12.2. The molecule has 0 aromatic heterocycles. The number of hydrogen-bond donors (Lipinski definition) is 0. The molecule has 1 aromatic carbocycles. The van der Waals surface area contributed by atoms with Crippen molar-refractivity contribution in [2.45, 2.75) is 62.9 Å².